The lowest BCUT2D eigenvalue weighted by Gasteiger charge is -2.08. The molecular formula is C13H13NO3. The van der Waals surface area contributed by atoms with Crippen LogP contribution in [0, 0.1) is 0 Å². The molecule has 0 fully saturated rings. The van der Waals surface area contributed by atoms with Gasteiger partial charge in [0.15, 0.2) is 0 Å². The van der Waals surface area contributed by atoms with E-state index in [1.54, 1.807) is 50.7 Å². The first-order chi connectivity index (χ1) is 8.24. The van der Waals surface area contributed by atoms with Gasteiger partial charge in [-0.3, -0.25) is 0 Å². The summed E-state index contributed by atoms with van der Waals surface area (Å²) in [6.45, 7) is 0. The highest BCUT2D eigenvalue weighted by Crippen LogP contribution is 2.33. The Kier molecular flexibility index (Phi) is 3.14. The quantitative estimate of drug-likeness (QED) is 0.881. The van der Waals surface area contributed by atoms with Crippen molar-refractivity contribution in [1.29, 1.82) is 0 Å². The van der Waals surface area contributed by atoms with Crippen molar-refractivity contribution in [2.45, 2.75) is 0 Å². The van der Waals surface area contributed by atoms with Gasteiger partial charge in [-0.25, -0.2) is 4.98 Å². The van der Waals surface area contributed by atoms with Gasteiger partial charge in [0, 0.05) is 17.8 Å². The summed E-state index contributed by atoms with van der Waals surface area (Å²) in [6, 6.07) is 8.63. The average molecular weight is 231 g/mol. The summed E-state index contributed by atoms with van der Waals surface area (Å²) in [6.07, 6.45) is 1.63. The molecule has 0 radical (unpaired) electrons. The minimum Gasteiger partial charge on any atom is -0.507 e. The predicted molar refractivity (Wildman–Crippen MR) is 64.4 cm³/mol. The maximum absolute atomic E-state index is 9.83. The third kappa shape index (κ3) is 2.30. The molecule has 1 aromatic carbocycles. The van der Waals surface area contributed by atoms with E-state index in [4.69, 9.17) is 9.47 Å². The zero-order chi connectivity index (χ0) is 12.3. The Labute approximate surface area is 99.5 Å². The van der Waals surface area contributed by atoms with Crippen LogP contribution in [0.15, 0.2) is 36.5 Å². The first-order valence-electron chi connectivity index (χ1n) is 5.12. The molecule has 4 heteroatoms. The molecule has 0 unspecified atom stereocenters. The van der Waals surface area contributed by atoms with Gasteiger partial charge in [-0.15, -0.1) is 0 Å². The lowest BCUT2D eigenvalue weighted by Crippen LogP contribution is -1.89. The van der Waals surface area contributed by atoms with E-state index in [-0.39, 0.29) is 5.75 Å². The SMILES string of the molecule is COc1ccc(O)c(-c2ccnc(OC)c2)c1. The molecule has 1 heterocycles. The molecule has 0 bridgehead atoms. The first-order valence-corrected chi connectivity index (χ1v) is 5.12. The summed E-state index contributed by atoms with van der Waals surface area (Å²) >= 11 is 0. The van der Waals surface area contributed by atoms with E-state index in [9.17, 15) is 5.11 Å². The summed E-state index contributed by atoms with van der Waals surface area (Å²) in [5, 5.41) is 9.83. The highest BCUT2D eigenvalue weighted by molar-refractivity contribution is 5.72. The minimum atomic E-state index is 0.194. The fraction of sp³-hybridized carbons (Fsp3) is 0.154. The number of nitrogens with zero attached hydrogens (tertiary/aromatic N) is 1. The Bertz CT molecular complexity index is 526. The van der Waals surface area contributed by atoms with E-state index >= 15 is 0 Å². The highest BCUT2D eigenvalue weighted by Gasteiger charge is 2.07. The third-order valence-corrected chi connectivity index (χ3v) is 2.46. The van der Waals surface area contributed by atoms with E-state index in [1.165, 1.54) is 0 Å². The van der Waals surface area contributed by atoms with E-state index in [0.29, 0.717) is 17.2 Å². The molecule has 0 aliphatic carbocycles. The maximum atomic E-state index is 9.83. The number of hydrogen-bond donors (Lipinski definition) is 1. The Hall–Kier alpha value is -2.23. The summed E-state index contributed by atoms with van der Waals surface area (Å²) < 4.78 is 10.2. The van der Waals surface area contributed by atoms with Crippen molar-refractivity contribution in [3.8, 4) is 28.5 Å². The predicted octanol–water partition coefficient (Wildman–Crippen LogP) is 2.47. The summed E-state index contributed by atoms with van der Waals surface area (Å²) in [4.78, 5) is 4.02. The van der Waals surface area contributed by atoms with Gasteiger partial charge in [-0.1, -0.05) is 0 Å². The van der Waals surface area contributed by atoms with E-state index in [1.807, 2.05) is 0 Å². The normalized spacial score (nSPS) is 10.0. The van der Waals surface area contributed by atoms with Crippen LogP contribution < -0.4 is 9.47 Å². The average Bonchev–Trinajstić information content (AvgIpc) is 2.39. The molecule has 2 aromatic rings. The zero-order valence-electron chi connectivity index (χ0n) is 9.68. The van der Waals surface area contributed by atoms with Crippen LogP contribution in [0.25, 0.3) is 11.1 Å². The Balaban J connectivity index is 2.50. The molecule has 1 aromatic heterocycles. The van der Waals surface area contributed by atoms with Gasteiger partial charge in [0.05, 0.1) is 14.2 Å². The molecule has 1 N–H and O–H groups in total. The van der Waals surface area contributed by atoms with Crippen molar-refractivity contribution in [1.82, 2.24) is 4.98 Å². The lowest BCUT2D eigenvalue weighted by molar-refractivity contribution is 0.398. The molecule has 17 heavy (non-hydrogen) atoms. The minimum absolute atomic E-state index is 0.194. The molecule has 4 nitrogen and oxygen atoms in total. The van der Waals surface area contributed by atoms with Crippen molar-refractivity contribution in [2.24, 2.45) is 0 Å². The number of phenols is 1. The van der Waals surface area contributed by atoms with Gasteiger partial charge in [0.25, 0.3) is 0 Å². The summed E-state index contributed by atoms with van der Waals surface area (Å²) in [7, 11) is 3.14. The standard InChI is InChI=1S/C13H13NO3/c1-16-10-3-4-12(15)11(8-10)9-5-6-14-13(7-9)17-2/h3-8,15H,1-2H3. The number of aromatic hydroxyl groups is 1. The number of methoxy groups -OCH3 is 2. The molecule has 0 aliphatic rings. The zero-order valence-corrected chi connectivity index (χ0v) is 9.68. The van der Waals surface area contributed by atoms with Crippen LogP contribution in [-0.4, -0.2) is 24.3 Å². The van der Waals surface area contributed by atoms with Gasteiger partial charge in [0.1, 0.15) is 11.5 Å². The molecule has 0 spiro atoms. The molecule has 0 saturated carbocycles. The van der Waals surface area contributed by atoms with Crippen LogP contribution in [0.1, 0.15) is 0 Å². The van der Waals surface area contributed by atoms with Crippen LogP contribution in [0.4, 0.5) is 0 Å². The molecule has 0 aliphatic heterocycles. The van der Waals surface area contributed by atoms with Gasteiger partial charge in [0.2, 0.25) is 5.88 Å². The second-order valence-electron chi connectivity index (χ2n) is 3.47. The second-order valence-corrected chi connectivity index (χ2v) is 3.47. The van der Waals surface area contributed by atoms with Gasteiger partial charge >= 0.3 is 0 Å². The van der Waals surface area contributed by atoms with E-state index in [0.717, 1.165) is 5.56 Å². The van der Waals surface area contributed by atoms with E-state index in [2.05, 4.69) is 4.98 Å². The van der Waals surface area contributed by atoms with Gasteiger partial charge < -0.3 is 14.6 Å². The molecule has 2 rings (SSSR count). The topological polar surface area (TPSA) is 51.6 Å². The summed E-state index contributed by atoms with van der Waals surface area (Å²) in [5.41, 5.74) is 1.51. The smallest absolute Gasteiger partial charge is 0.213 e. The third-order valence-electron chi connectivity index (χ3n) is 2.46. The van der Waals surface area contributed by atoms with Crippen LogP contribution >= 0.6 is 0 Å². The fourth-order valence-corrected chi connectivity index (χ4v) is 1.56. The van der Waals surface area contributed by atoms with Crippen LogP contribution in [0.5, 0.6) is 17.4 Å². The monoisotopic (exact) mass is 231 g/mol. The van der Waals surface area contributed by atoms with Crippen LogP contribution in [0.3, 0.4) is 0 Å². The van der Waals surface area contributed by atoms with Gasteiger partial charge in [-0.2, -0.15) is 0 Å². The molecule has 0 amide bonds. The van der Waals surface area contributed by atoms with Crippen molar-refractivity contribution >= 4 is 0 Å². The summed E-state index contributed by atoms with van der Waals surface area (Å²) in [5.74, 6) is 1.39. The Morgan fingerprint density at radius 1 is 1.06 bits per heavy atom. The molecule has 88 valence electrons. The van der Waals surface area contributed by atoms with Crippen LogP contribution in [0.2, 0.25) is 0 Å². The van der Waals surface area contributed by atoms with Crippen molar-refractivity contribution in [3.05, 3.63) is 36.5 Å². The highest BCUT2D eigenvalue weighted by atomic mass is 16.5. The fourth-order valence-electron chi connectivity index (χ4n) is 1.56. The van der Waals surface area contributed by atoms with Crippen molar-refractivity contribution in [2.75, 3.05) is 14.2 Å². The number of phenolic OH excluding ortho intramolecular Hbond substituents is 1. The Morgan fingerprint density at radius 3 is 2.59 bits per heavy atom. The second kappa shape index (κ2) is 4.74. The van der Waals surface area contributed by atoms with Crippen LogP contribution in [-0.2, 0) is 0 Å². The maximum Gasteiger partial charge on any atom is 0.213 e. The van der Waals surface area contributed by atoms with E-state index < -0.39 is 0 Å². The molecular weight excluding hydrogens is 218 g/mol. The Morgan fingerprint density at radius 2 is 1.88 bits per heavy atom. The molecule has 0 saturated heterocycles. The molecule has 0 atom stereocenters. The van der Waals surface area contributed by atoms with Crippen molar-refractivity contribution < 1.29 is 14.6 Å². The number of rotatable bonds is 3. The largest absolute Gasteiger partial charge is 0.507 e. The number of benzene rings is 1. The number of ether oxygens (including phenoxy) is 2. The lowest BCUT2D eigenvalue weighted by atomic mass is 10.1. The first kappa shape index (κ1) is 11.3. The number of aromatic nitrogens is 1. The van der Waals surface area contributed by atoms with Gasteiger partial charge in [-0.05, 0) is 29.8 Å². The number of pyridine rings is 1. The van der Waals surface area contributed by atoms with Crippen molar-refractivity contribution in [3.63, 3.8) is 0 Å². The number of hydrogen-bond acceptors (Lipinski definition) is 4.